The fourth-order valence-electron chi connectivity index (χ4n) is 0.994. The molecule has 0 aromatic rings. The minimum atomic E-state index is -1.12. The van der Waals surface area contributed by atoms with Crippen molar-refractivity contribution >= 4 is 11.9 Å². The van der Waals surface area contributed by atoms with Gasteiger partial charge in [0.15, 0.2) is 6.61 Å². The number of rotatable bonds is 4. The van der Waals surface area contributed by atoms with Gasteiger partial charge in [0.1, 0.15) is 0 Å². The highest BCUT2D eigenvalue weighted by molar-refractivity contribution is 5.78. The lowest BCUT2D eigenvalue weighted by molar-refractivity contribution is -0.150. The quantitative estimate of drug-likeness (QED) is 0.563. The molecule has 1 unspecified atom stereocenters. The average Bonchev–Trinajstić information content (AvgIpc) is 2.55. The molecule has 1 saturated heterocycles. The molecule has 1 aliphatic rings. The van der Waals surface area contributed by atoms with Gasteiger partial charge in [-0.15, -0.1) is 0 Å². The summed E-state index contributed by atoms with van der Waals surface area (Å²) >= 11 is 0. The predicted molar refractivity (Wildman–Crippen MR) is 40.7 cm³/mol. The first kappa shape index (κ1) is 9.94. The topological polar surface area (TPSA) is 84.9 Å². The molecular formula is C7H11NO5. The van der Waals surface area contributed by atoms with E-state index in [0.717, 1.165) is 0 Å². The molecule has 1 rings (SSSR count). The molecule has 0 aromatic carbocycles. The maximum absolute atomic E-state index is 11.1. The molecule has 1 amide bonds. The smallest absolute Gasteiger partial charge is 0.332 e. The van der Waals surface area contributed by atoms with Gasteiger partial charge in [0, 0.05) is 6.61 Å². The lowest BCUT2D eigenvalue weighted by atomic mass is 10.1. The van der Waals surface area contributed by atoms with Crippen LogP contribution in [0, 0.1) is 5.92 Å². The van der Waals surface area contributed by atoms with Gasteiger partial charge in [-0.1, -0.05) is 0 Å². The second kappa shape index (κ2) is 4.78. The SMILES string of the molecule is O=C(O)CONC(=O)C1CCOC1. The molecule has 0 bridgehead atoms. The highest BCUT2D eigenvalue weighted by Gasteiger charge is 2.23. The number of amides is 1. The number of ether oxygens (including phenoxy) is 1. The van der Waals surface area contributed by atoms with E-state index in [1.165, 1.54) is 0 Å². The van der Waals surface area contributed by atoms with Crippen molar-refractivity contribution in [3.8, 4) is 0 Å². The maximum atomic E-state index is 11.1. The van der Waals surface area contributed by atoms with Crippen LogP contribution in [-0.2, 0) is 19.2 Å². The highest BCUT2D eigenvalue weighted by Crippen LogP contribution is 2.11. The summed E-state index contributed by atoms with van der Waals surface area (Å²) in [5.41, 5.74) is 2.06. The zero-order valence-corrected chi connectivity index (χ0v) is 6.99. The van der Waals surface area contributed by atoms with E-state index in [4.69, 9.17) is 9.84 Å². The van der Waals surface area contributed by atoms with E-state index >= 15 is 0 Å². The minimum absolute atomic E-state index is 0.214. The van der Waals surface area contributed by atoms with Crippen molar-refractivity contribution in [3.63, 3.8) is 0 Å². The standard InChI is InChI=1S/C7H11NO5/c9-6(10)4-13-8-7(11)5-1-2-12-3-5/h5H,1-4H2,(H,8,11)(H,9,10). The van der Waals surface area contributed by atoms with Crippen LogP contribution in [0.15, 0.2) is 0 Å². The summed E-state index contributed by atoms with van der Waals surface area (Å²) in [6, 6.07) is 0. The lowest BCUT2D eigenvalue weighted by Gasteiger charge is -2.07. The van der Waals surface area contributed by atoms with Gasteiger partial charge in [-0.2, -0.15) is 0 Å². The van der Waals surface area contributed by atoms with Crippen molar-refractivity contribution < 1.29 is 24.3 Å². The second-order valence-electron chi connectivity index (χ2n) is 2.71. The number of carboxylic acids is 1. The molecule has 74 valence electrons. The molecule has 1 aliphatic heterocycles. The van der Waals surface area contributed by atoms with Crippen molar-refractivity contribution in [1.29, 1.82) is 0 Å². The Labute approximate surface area is 74.8 Å². The first-order valence-electron chi connectivity index (χ1n) is 3.91. The molecule has 6 nitrogen and oxygen atoms in total. The summed E-state index contributed by atoms with van der Waals surface area (Å²) in [5.74, 6) is -1.66. The number of aliphatic carboxylic acids is 1. The number of carbonyl (C=O) groups excluding carboxylic acids is 1. The van der Waals surface area contributed by atoms with Crippen LogP contribution in [0.25, 0.3) is 0 Å². The van der Waals surface area contributed by atoms with Crippen LogP contribution >= 0.6 is 0 Å². The van der Waals surface area contributed by atoms with Gasteiger partial charge in [-0.25, -0.2) is 10.3 Å². The van der Waals surface area contributed by atoms with Crippen LogP contribution in [-0.4, -0.2) is 36.8 Å². The fraction of sp³-hybridized carbons (Fsp3) is 0.714. The summed E-state index contributed by atoms with van der Waals surface area (Å²) in [6.45, 7) is 0.415. The zero-order chi connectivity index (χ0) is 9.68. The molecule has 13 heavy (non-hydrogen) atoms. The molecule has 0 spiro atoms. The Hall–Kier alpha value is -1.14. The molecule has 0 aliphatic carbocycles. The van der Waals surface area contributed by atoms with Crippen LogP contribution in [0.2, 0.25) is 0 Å². The third-order valence-corrected chi connectivity index (χ3v) is 1.67. The van der Waals surface area contributed by atoms with Gasteiger partial charge >= 0.3 is 5.97 Å². The van der Waals surface area contributed by atoms with Gasteiger partial charge in [-0.05, 0) is 6.42 Å². The Kier molecular flexibility index (Phi) is 3.66. The Morgan fingerprint density at radius 1 is 1.62 bits per heavy atom. The predicted octanol–water partition coefficient (Wildman–Crippen LogP) is -0.845. The lowest BCUT2D eigenvalue weighted by Crippen LogP contribution is -2.32. The largest absolute Gasteiger partial charge is 0.479 e. The summed E-state index contributed by atoms with van der Waals surface area (Å²) in [6.07, 6.45) is 0.655. The van der Waals surface area contributed by atoms with Crippen LogP contribution in [0.4, 0.5) is 0 Å². The van der Waals surface area contributed by atoms with E-state index in [9.17, 15) is 9.59 Å². The van der Waals surface area contributed by atoms with Gasteiger partial charge in [0.25, 0.3) is 0 Å². The average molecular weight is 189 g/mol. The van der Waals surface area contributed by atoms with Crippen LogP contribution in [0.3, 0.4) is 0 Å². The molecule has 1 atom stereocenters. The normalized spacial score (nSPS) is 21.4. The third kappa shape index (κ3) is 3.39. The molecule has 0 saturated carbocycles. The summed E-state index contributed by atoms with van der Waals surface area (Å²) in [7, 11) is 0. The maximum Gasteiger partial charge on any atom is 0.332 e. The number of hydrogen-bond donors (Lipinski definition) is 2. The molecule has 6 heteroatoms. The van der Waals surface area contributed by atoms with Gasteiger partial charge in [0.2, 0.25) is 5.91 Å². The molecule has 1 heterocycles. The van der Waals surface area contributed by atoms with Crippen molar-refractivity contribution in [1.82, 2.24) is 5.48 Å². The van der Waals surface area contributed by atoms with E-state index in [1.54, 1.807) is 0 Å². The molecule has 0 radical (unpaired) electrons. The van der Waals surface area contributed by atoms with Crippen molar-refractivity contribution in [3.05, 3.63) is 0 Å². The monoisotopic (exact) mass is 189 g/mol. The van der Waals surface area contributed by atoms with E-state index in [-0.39, 0.29) is 11.8 Å². The molecular weight excluding hydrogens is 178 g/mol. The Morgan fingerprint density at radius 3 is 2.92 bits per heavy atom. The fourth-order valence-corrected chi connectivity index (χ4v) is 0.994. The van der Waals surface area contributed by atoms with E-state index < -0.39 is 12.6 Å². The summed E-state index contributed by atoms with van der Waals surface area (Å²) in [5, 5.41) is 8.19. The highest BCUT2D eigenvalue weighted by atomic mass is 16.7. The number of carbonyl (C=O) groups is 2. The van der Waals surface area contributed by atoms with Crippen LogP contribution in [0.5, 0.6) is 0 Å². The van der Waals surface area contributed by atoms with Crippen molar-refractivity contribution in [2.75, 3.05) is 19.8 Å². The van der Waals surface area contributed by atoms with E-state index in [0.29, 0.717) is 19.6 Å². The number of hydroxylamine groups is 1. The Balaban J connectivity index is 2.13. The third-order valence-electron chi connectivity index (χ3n) is 1.67. The first-order valence-corrected chi connectivity index (χ1v) is 3.91. The number of carboxylic acid groups (broad SMARTS) is 1. The summed E-state index contributed by atoms with van der Waals surface area (Å²) < 4.78 is 4.97. The molecule has 2 N–H and O–H groups in total. The zero-order valence-electron chi connectivity index (χ0n) is 6.99. The molecule has 1 fully saturated rings. The van der Waals surface area contributed by atoms with E-state index in [1.807, 2.05) is 0 Å². The van der Waals surface area contributed by atoms with Gasteiger partial charge in [-0.3, -0.25) is 9.63 Å². The minimum Gasteiger partial charge on any atom is -0.479 e. The number of nitrogens with one attached hydrogen (secondary N) is 1. The van der Waals surface area contributed by atoms with Gasteiger partial charge in [0.05, 0.1) is 12.5 Å². The second-order valence-corrected chi connectivity index (χ2v) is 2.71. The first-order chi connectivity index (χ1) is 6.20. The Morgan fingerprint density at radius 2 is 2.38 bits per heavy atom. The van der Waals surface area contributed by atoms with E-state index in [2.05, 4.69) is 10.3 Å². The molecule has 0 aromatic heterocycles. The van der Waals surface area contributed by atoms with Crippen molar-refractivity contribution in [2.45, 2.75) is 6.42 Å². The van der Waals surface area contributed by atoms with Crippen LogP contribution < -0.4 is 5.48 Å². The van der Waals surface area contributed by atoms with Gasteiger partial charge < -0.3 is 9.84 Å². The Bertz CT molecular complexity index is 199. The number of hydrogen-bond acceptors (Lipinski definition) is 4. The van der Waals surface area contributed by atoms with Crippen LogP contribution in [0.1, 0.15) is 6.42 Å². The van der Waals surface area contributed by atoms with Crippen molar-refractivity contribution in [2.24, 2.45) is 5.92 Å². The summed E-state index contributed by atoms with van der Waals surface area (Å²) in [4.78, 5) is 25.5.